The Morgan fingerprint density at radius 2 is 2.16 bits per heavy atom. The van der Waals surface area contributed by atoms with Crippen LogP contribution in [-0.2, 0) is 23.5 Å². The van der Waals surface area contributed by atoms with E-state index in [-0.39, 0.29) is 37.0 Å². The number of halogens is 2. The van der Waals surface area contributed by atoms with E-state index in [1.165, 1.54) is 12.1 Å². The van der Waals surface area contributed by atoms with E-state index in [9.17, 15) is 9.18 Å². The van der Waals surface area contributed by atoms with E-state index in [1.54, 1.807) is 29.2 Å². The lowest BCUT2D eigenvalue weighted by molar-refractivity contribution is -0.132. The molecule has 3 N–H and O–H groups in total. The fourth-order valence-corrected chi connectivity index (χ4v) is 3.10. The van der Waals surface area contributed by atoms with Crippen LogP contribution in [0.25, 0.3) is 0 Å². The normalized spacial score (nSPS) is 16.1. The monoisotopic (exact) mass is 368 g/mol. The number of benzene rings is 1. The quantitative estimate of drug-likeness (QED) is 0.744. The number of carbonyl (C=O) groups excluding carboxylic acids is 1. The maximum atomic E-state index is 13.7. The molecule has 0 saturated carbocycles. The molecule has 0 radical (unpaired) electrons. The van der Waals surface area contributed by atoms with E-state index in [4.69, 9.17) is 5.11 Å². The third-order valence-electron chi connectivity index (χ3n) is 4.54. The standard InChI is InChI=1S/C17H21FN4O2.ClH/c18-15-10-13(2-3-14(15)12-23)11-20-16(24)17(4-7-19-8-5-17)22-9-1-6-21-22;/h1-3,6,9-10,19,23H,4-5,7-8,11-12H2,(H,20,24);1H. The molecule has 2 heterocycles. The molecule has 1 saturated heterocycles. The summed E-state index contributed by atoms with van der Waals surface area (Å²) in [5, 5.41) is 19.4. The Balaban J connectivity index is 0.00000225. The highest BCUT2D eigenvalue weighted by Crippen LogP contribution is 2.27. The minimum atomic E-state index is -0.710. The van der Waals surface area contributed by atoms with Gasteiger partial charge in [0, 0.05) is 24.5 Å². The third-order valence-corrected chi connectivity index (χ3v) is 4.54. The molecule has 0 bridgehead atoms. The Bertz CT molecular complexity index is 703. The zero-order valence-corrected chi connectivity index (χ0v) is 14.6. The second-order valence-corrected chi connectivity index (χ2v) is 6.00. The SMILES string of the molecule is Cl.O=C(NCc1ccc(CO)c(F)c1)C1(n2cccn2)CCNCC1. The van der Waals surface area contributed by atoms with Crippen LogP contribution in [0.15, 0.2) is 36.7 Å². The zero-order valence-electron chi connectivity index (χ0n) is 13.7. The van der Waals surface area contributed by atoms with Gasteiger partial charge in [0.05, 0.1) is 6.61 Å². The number of nitrogens with one attached hydrogen (secondary N) is 2. The van der Waals surface area contributed by atoms with Crippen molar-refractivity contribution in [1.82, 2.24) is 20.4 Å². The van der Waals surface area contributed by atoms with E-state index in [0.29, 0.717) is 18.4 Å². The number of hydrogen-bond acceptors (Lipinski definition) is 4. The third kappa shape index (κ3) is 4.00. The van der Waals surface area contributed by atoms with Gasteiger partial charge in [-0.05, 0) is 43.6 Å². The van der Waals surface area contributed by atoms with E-state index in [2.05, 4.69) is 15.7 Å². The first-order chi connectivity index (χ1) is 11.7. The lowest BCUT2D eigenvalue weighted by Gasteiger charge is -2.36. The Kier molecular flexibility index (Phi) is 6.52. The van der Waals surface area contributed by atoms with Crippen molar-refractivity contribution in [3.05, 3.63) is 53.6 Å². The van der Waals surface area contributed by atoms with Gasteiger partial charge in [-0.15, -0.1) is 12.4 Å². The second-order valence-electron chi connectivity index (χ2n) is 6.00. The largest absolute Gasteiger partial charge is 0.392 e. The maximum Gasteiger partial charge on any atom is 0.248 e. The average Bonchev–Trinajstić information content (AvgIpc) is 3.15. The topological polar surface area (TPSA) is 79.2 Å². The van der Waals surface area contributed by atoms with E-state index in [1.807, 2.05) is 0 Å². The molecule has 6 nitrogen and oxygen atoms in total. The average molecular weight is 369 g/mol. The lowest BCUT2D eigenvalue weighted by Crippen LogP contribution is -2.54. The highest BCUT2D eigenvalue weighted by Gasteiger charge is 2.41. The van der Waals surface area contributed by atoms with E-state index in [0.717, 1.165) is 13.1 Å². The van der Waals surface area contributed by atoms with Gasteiger partial charge in [-0.2, -0.15) is 5.10 Å². The van der Waals surface area contributed by atoms with Crippen molar-refractivity contribution in [2.45, 2.75) is 31.5 Å². The molecule has 136 valence electrons. The minimum Gasteiger partial charge on any atom is -0.392 e. The molecule has 2 aromatic rings. The number of amides is 1. The number of piperidine rings is 1. The highest BCUT2D eigenvalue weighted by atomic mass is 35.5. The summed E-state index contributed by atoms with van der Waals surface area (Å²) in [5.74, 6) is -0.577. The summed E-state index contributed by atoms with van der Waals surface area (Å²) in [4.78, 5) is 12.9. The van der Waals surface area contributed by atoms with Gasteiger partial charge in [-0.25, -0.2) is 4.39 Å². The first kappa shape index (κ1) is 19.4. The van der Waals surface area contributed by atoms with Crippen molar-refractivity contribution in [3.63, 3.8) is 0 Å². The van der Waals surface area contributed by atoms with Crippen molar-refractivity contribution in [2.24, 2.45) is 0 Å². The van der Waals surface area contributed by atoms with Crippen LogP contribution in [0.3, 0.4) is 0 Å². The molecular formula is C17H22ClFN4O2. The molecule has 1 aliphatic heterocycles. The zero-order chi connectivity index (χ0) is 17.0. The number of rotatable bonds is 5. The van der Waals surface area contributed by atoms with Crippen molar-refractivity contribution in [2.75, 3.05) is 13.1 Å². The number of aromatic nitrogens is 2. The van der Waals surface area contributed by atoms with E-state index >= 15 is 0 Å². The number of hydrogen-bond donors (Lipinski definition) is 3. The summed E-state index contributed by atoms with van der Waals surface area (Å²) in [6.45, 7) is 1.38. The summed E-state index contributed by atoms with van der Waals surface area (Å²) in [5.41, 5.74) is 0.192. The number of aliphatic hydroxyl groups excluding tert-OH is 1. The molecule has 8 heteroatoms. The van der Waals surface area contributed by atoms with Crippen LogP contribution in [0, 0.1) is 5.82 Å². The lowest BCUT2D eigenvalue weighted by atomic mass is 9.87. The van der Waals surface area contributed by atoms with Gasteiger partial charge in [-0.3, -0.25) is 9.48 Å². The Hall–Kier alpha value is -1.96. The first-order valence-electron chi connectivity index (χ1n) is 8.03. The first-order valence-corrected chi connectivity index (χ1v) is 8.03. The molecule has 0 unspecified atom stereocenters. The van der Waals surface area contributed by atoms with Crippen LogP contribution < -0.4 is 10.6 Å². The Morgan fingerprint density at radius 3 is 2.76 bits per heavy atom. The number of carbonyl (C=O) groups is 1. The molecule has 0 atom stereocenters. The van der Waals surface area contributed by atoms with Crippen molar-refractivity contribution in [3.8, 4) is 0 Å². The summed E-state index contributed by atoms with van der Waals surface area (Å²) >= 11 is 0. The van der Waals surface area contributed by atoms with Crippen molar-refractivity contribution >= 4 is 18.3 Å². The fourth-order valence-electron chi connectivity index (χ4n) is 3.10. The van der Waals surface area contributed by atoms with Crippen LogP contribution in [0.2, 0.25) is 0 Å². The van der Waals surface area contributed by atoms with Crippen LogP contribution in [0.4, 0.5) is 4.39 Å². The highest BCUT2D eigenvalue weighted by molar-refractivity contribution is 5.85. The van der Waals surface area contributed by atoms with Crippen LogP contribution >= 0.6 is 12.4 Å². The molecule has 1 amide bonds. The molecular weight excluding hydrogens is 347 g/mol. The summed E-state index contributed by atoms with van der Waals surface area (Å²) in [7, 11) is 0. The fraction of sp³-hybridized carbons (Fsp3) is 0.412. The second kappa shape index (κ2) is 8.42. The van der Waals surface area contributed by atoms with Gasteiger partial charge in [-0.1, -0.05) is 12.1 Å². The Morgan fingerprint density at radius 1 is 1.40 bits per heavy atom. The van der Waals surface area contributed by atoms with Crippen LogP contribution in [0.5, 0.6) is 0 Å². The summed E-state index contributed by atoms with van der Waals surface area (Å²) in [6, 6.07) is 6.39. The summed E-state index contributed by atoms with van der Waals surface area (Å²) in [6.07, 6.45) is 4.78. The molecule has 3 rings (SSSR count). The smallest absolute Gasteiger partial charge is 0.248 e. The van der Waals surface area contributed by atoms with Gasteiger partial charge in [0.25, 0.3) is 0 Å². The maximum absolute atomic E-state index is 13.7. The van der Waals surface area contributed by atoms with Gasteiger partial charge in [0.15, 0.2) is 0 Å². The molecule has 0 aliphatic carbocycles. The van der Waals surface area contributed by atoms with Crippen LogP contribution in [0.1, 0.15) is 24.0 Å². The predicted octanol–water partition coefficient (Wildman–Crippen LogP) is 1.33. The van der Waals surface area contributed by atoms with Gasteiger partial charge >= 0.3 is 0 Å². The molecule has 1 aromatic heterocycles. The predicted molar refractivity (Wildman–Crippen MR) is 93.7 cm³/mol. The van der Waals surface area contributed by atoms with Gasteiger partial charge < -0.3 is 15.7 Å². The molecule has 1 aromatic carbocycles. The molecule has 25 heavy (non-hydrogen) atoms. The van der Waals surface area contributed by atoms with Gasteiger partial charge in [0.1, 0.15) is 11.4 Å². The molecule has 0 spiro atoms. The molecule has 1 fully saturated rings. The molecule has 1 aliphatic rings. The van der Waals surface area contributed by atoms with E-state index < -0.39 is 11.4 Å². The van der Waals surface area contributed by atoms with Crippen LogP contribution in [-0.4, -0.2) is 33.9 Å². The van der Waals surface area contributed by atoms with Crippen molar-refractivity contribution < 1.29 is 14.3 Å². The number of aliphatic hydroxyl groups is 1. The summed E-state index contributed by atoms with van der Waals surface area (Å²) < 4.78 is 15.5. The van der Waals surface area contributed by atoms with Crippen molar-refractivity contribution in [1.29, 1.82) is 0 Å². The number of nitrogens with zero attached hydrogens (tertiary/aromatic N) is 2. The minimum absolute atomic E-state index is 0. The van der Waals surface area contributed by atoms with Gasteiger partial charge in [0.2, 0.25) is 5.91 Å². The Labute approximate surface area is 151 Å².